The summed E-state index contributed by atoms with van der Waals surface area (Å²) in [6.45, 7) is 7.95. The Hall–Kier alpha value is -0.800. The second-order valence-electron chi connectivity index (χ2n) is 4.79. The molecule has 0 aliphatic carbocycles. The molecule has 1 rings (SSSR count). The van der Waals surface area contributed by atoms with Crippen LogP contribution in [0.15, 0.2) is 16.5 Å². The van der Waals surface area contributed by atoms with Gasteiger partial charge in [0.25, 0.3) is 0 Å². The van der Waals surface area contributed by atoms with Crippen molar-refractivity contribution < 1.29 is 9.15 Å². The fourth-order valence-electron chi connectivity index (χ4n) is 1.78. The van der Waals surface area contributed by atoms with Crippen molar-refractivity contribution in [2.24, 2.45) is 0 Å². The molecule has 0 fully saturated rings. The second kappa shape index (κ2) is 6.06. The molecular weight excluding hydrogens is 202 g/mol. The summed E-state index contributed by atoms with van der Waals surface area (Å²) in [7, 11) is 1.67. The van der Waals surface area contributed by atoms with Gasteiger partial charge in [0, 0.05) is 12.6 Å². The number of hydrogen-bond acceptors (Lipinski definition) is 3. The second-order valence-corrected chi connectivity index (χ2v) is 4.79. The van der Waals surface area contributed by atoms with Crippen LogP contribution in [0.1, 0.15) is 45.1 Å². The average Bonchev–Trinajstić information content (AvgIpc) is 2.64. The molecule has 0 aromatic carbocycles. The van der Waals surface area contributed by atoms with Crippen LogP contribution in [0, 0.1) is 0 Å². The van der Waals surface area contributed by atoms with Gasteiger partial charge in [-0.25, -0.2) is 0 Å². The van der Waals surface area contributed by atoms with E-state index in [9.17, 15) is 0 Å². The number of ether oxygens (including phenoxy) is 1. The number of methoxy groups -OCH3 is 1. The maximum Gasteiger partial charge on any atom is 0.129 e. The van der Waals surface area contributed by atoms with E-state index in [1.54, 1.807) is 7.11 Å². The minimum absolute atomic E-state index is 0.170. The van der Waals surface area contributed by atoms with Crippen LogP contribution in [0.5, 0.6) is 0 Å². The molecule has 0 saturated carbocycles. The van der Waals surface area contributed by atoms with Crippen LogP contribution in [0.3, 0.4) is 0 Å². The van der Waals surface area contributed by atoms with Gasteiger partial charge >= 0.3 is 0 Å². The minimum atomic E-state index is 0.170. The lowest BCUT2D eigenvalue weighted by Gasteiger charge is -2.25. The van der Waals surface area contributed by atoms with Gasteiger partial charge in [-0.2, -0.15) is 0 Å². The van der Waals surface area contributed by atoms with Crippen LogP contribution in [0.2, 0.25) is 0 Å². The molecule has 0 saturated heterocycles. The maximum atomic E-state index is 5.61. The molecule has 92 valence electrons. The summed E-state index contributed by atoms with van der Waals surface area (Å²) in [5.41, 5.74) is 0.170. The highest BCUT2D eigenvalue weighted by molar-refractivity contribution is 5.06. The standard InChI is InChI=1S/C13H23NO2/c1-5-8-13(2,3)14-9-11-6-7-12(16-11)10-15-4/h6-7,14H,5,8-10H2,1-4H3. The zero-order valence-corrected chi connectivity index (χ0v) is 10.8. The largest absolute Gasteiger partial charge is 0.462 e. The highest BCUT2D eigenvalue weighted by Crippen LogP contribution is 2.14. The molecule has 0 radical (unpaired) electrons. The SMILES string of the molecule is CCCC(C)(C)NCc1ccc(COC)o1. The van der Waals surface area contributed by atoms with Crippen LogP contribution in [0.4, 0.5) is 0 Å². The minimum Gasteiger partial charge on any atom is -0.462 e. The third kappa shape index (κ3) is 4.37. The lowest BCUT2D eigenvalue weighted by molar-refractivity contribution is 0.162. The van der Waals surface area contributed by atoms with E-state index in [0.717, 1.165) is 18.1 Å². The normalized spacial score (nSPS) is 12.0. The Labute approximate surface area is 98.2 Å². The summed E-state index contributed by atoms with van der Waals surface area (Å²) in [5.74, 6) is 1.85. The Balaban J connectivity index is 2.41. The highest BCUT2D eigenvalue weighted by atomic mass is 16.5. The lowest BCUT2D eigenvalue weighted by atomic mass is 9.99. The van der Waals surface area contributed by atoms with E-state index in [-0.39, 0.29) is 5.54 Å². The molecule has 1 heterocycles. The van der Waals surface area contributed by atoms with Crippen molar-refractivity contribution in [2.75, 3.05) is 7.11 Å². The third-order valence-corrected chi connectivity index (χ3v) is 2.62. The molecule has 1 aromatic heterocycles. The molecule has 0 unspecified atom stereocenters. The molecule has 16 heavy (non-hydrogen) atoms. The Bertz CT molecular complexity index is 305. The van der Waals surface area contributed by atoms with Gasteiger partial charge in [-0.1, -0.05) is 13.3 Å². The number of furan rings is 1. The smallest absolute Gasteiger partial charge is 0.129 e. The van der Waals surface area contributed by atoms with E-state index in [2.05, 4.69) is 26.1 Å². The molecular formula is C13H23NO2. The van der Waals surface area contributed by atoms with E-state index in [0.29, 0.717) is 6.61 Å². The van der Waals surface area contributed by atoms with E-state index in [1.165, 1.54) is 12.8 Å². The Morgan fingerprint density at radius 2 is 2.00 bits per heavy atom. The summed E-state index contributed by atoms with van der Waals surface area (Å²) in [5, 5.41) is 3.50. The first-order chi connectivity index (χ1) is 7.57. The predicted molar refractivity (Wildman–Crippen MR) is 65.2 cm³/mol. The zero-order valence-electron chi connectivity index (χ0n) is 10.8. The van der Waals surface area contributed by atoms with E-state index in [1.807, 2.05) is 12.1 Å². The average molecular weight is 225 g/mol. The molecule has 0 amide bonds. The van der Waals surface area contributed by atoms with Crippen LogP contribution in [0.25, 0.3) is 0 Å². The van der Waals surface area contributed by atoms with Crippen molar-refractivity contribution in [1.29, 1.82) is 0 Å². The van der Waals surface area contributed by atoms with Crippen molar-refractivity contribution >= 4 is 0 Å². The van der Waals surface area contributed by atoms with Crippen LogP contribution < -0.4 is 5.32 Å². The van der Waals surface area contributed by atoms with Crippen molar-refractivity contribution in [3.8, 4) is 0 Å². The van der Waals surface area contributed by atoms with Crippen molar-refractivity contribution in [2.45, 2.75) is 52.3 Å². The molecule has 0 aliphatic heterocycles. The van der Waals surface area contributed by atoms with Gasteiger partial charge in [-0.3, -0.25) is 0 Å². The molecule has 0 atom stereocenters. The first-order valence-corrected chi connectivity index (χ1v) is 5.89. The van der Waals surface area contributed by atoms with Crippen molar-refractivity contribution in [3.05, 3.63) is 23.7 Å². The predicted octanol–water partition coefficient (Wildman–Crippen LogP) is 3.09. The Kier molecular flexibility index (Phi) is 5.03. The molecule has 0 aliphatic rings. The van der Waals surface area contributed by atoms with Crippen LogP contribution in [-0.4, -0.2) is 12.6 Å². The Morgan fingerprint density at radius 3 is 2.62 bits per heavy atom. The summed E-state index contributed by atoms with van der Waals surface area (Å²) >= 11 is 0. The highest BCUT2D eigenvalue weighted by Gasteiger charge is 2.15. The van der Waals surface area contributed by atoms with Crippen LogP contribution in [-0.2, 0) is 17.9 Å². The van der Waals surface area contributed by atoms with Gasteiger partial charge in [0.15, 0.2) is 0 Å². The molecule has 3 nitrogen and oxygen atoms in total. The van der Waals surface area contributed by atoms with Gasteiger partial charge in [0.1, 0.15) is 18.1 Å². The molecule has 1 N–H and O–H groups in total. The van der Waals surface area contributed by atoms with E-state index < -0.39 is 0 Å². The number of hydrogen-bond donors (Lipinski definition) is 1. The lowest BCUT2D eigenvalue weighted by Crippen LogP contribution is -2.38. The quantitative estimate of drug-likeness (QED) is 0.774. The Morgan fingerprint density at radius 1 is 1.31 bits per heavy atom. The number of nitrogens with one attached hydrogen (secondary N) is 1. The summed E-state index contributed by atoms with van der Waals surface area (Å²) in [6, 6.07) is 3.97. The fraction of sp³-hybridized carbons (Fsp3) is 0.692. The summed E-state index contributed by atoms with van der Waals surface area (Å²) in [4.78, 5) is 0. The van der Waals surface area contributed by atoms with E-state index in [4.69, 9.17) is 9.15 Å². The van der Waals surface area contributed by atoms with Gasteiger partial charge in [-0.05, 0) is 32.4 Å². The molecule has 3 heteroatoms. The topological polar surface area (TPSA) is 34.4 Å². The van der Waals surface area contributed by atoms with Gasteiger partial charge in [-0.15, -0.1) is 0 Å². The van der Waals surface area contributed by atoms with Gasteiger partial charge < -0.3 is 14.5 Å². The van der Waals surface area contributed by atoms with Crippen molar-refractivity contribution in [1.82, 2.24) is 5.32 Å². The van der Waals surface area contributed by atoms with Gasteiger partial charge in [0.05, 0.1) is 6.54 Å². The maximum absolute atomic E-state index is 5.61. The fourth-order valence-corrected chi connectivity index (χ4v) is 1.78. The van der Waals surface area contributed by atoms with Crippen LogP contribution >= 0.6 is 0 Å². The third-order valence-electron chi connectivity index (χ3n) is 2.62. The first-order valence-electron chi connectivity index (χ1n) is 5.89. The van der Waals surface area contributed by atoms with Gasteiger partial charge in [0.2, 0.25) is 0 Å². The molecule has 0 spiro atoms. The summed E-state index contributed by atoms with van der Waals surface area (Å²) < 4.78 is 10.6. The molecule has 0 bridgehead atoms. The first kappa shape index (κ1) is 13.3. The monoisotopic (exact) mass is 225 g/mol. The zero-order chi connectivity index (χ0) is 12.0. The summed E-state index contributed by atoms with van der Waals surface area (Å²) in [6.07, 6.45) is 2.35. The number of rotatable bonds is 7. The van der Waals surface area contributed by atoms with Crippen molar-refractivity contribution in [3.63, 3.8) is 0 Å². The molecule has 1 aromatic rings. The van der Waals surface area contributed by atoms with E-state index >= 15 is 0 Å².